The fraction of sp³-hybridized carbons (Fsp3) is 0. The summed E-state index contributed by atoms with van der Waals surface area (Å²) in [5.41, 5.74) is 11.1. The van der Waals surface area contributed by atoms with E-state index in [1.54, 1.807) is 0 Å². The summed E-state index contributed by atoms with van der Waals surface area (Å²) in [6.07, 6.45) is 0. The van der Waals surface area contributed by atoms with Gasteiger partial charge in [0, 0.05) is 47.6 Å². The number of benzene rings is 7. The van der Waals surface area contributed by atoms with Crippen LogP contribution in [-0.2, 0) is 0 Å². The average Bonchev–Trinajstić information content (AvgIpc) is 3.76. The summed E-state index contributed by atoms with van der Waals surface area (Å²) >= 11 is 1.82. The zero-order chi connectivity index (χ0) is 33.0. The second kappa shape index (κ2) is 11.7. The van der Waals surface area contributed by atoms with Crippen molar-refractivity contribution in [2.24, 2.45) is 0 Å². The van der Waals surface area contributed by atoms with Crippen LogP contribution in [0.4, 0.5) is 0 Å². The van der Waals surface area contributed by atoms with Crippen molar-refractivity contribution in [3.8, 4) is 56.2 Å². The molecule has 3 nitrogen and oxygen atoms in total. The molecule has 7 aromatic carbocycles. The third kappa shape index (κ3) is 4.97. The average molecular weight is 657 g/mol. The van der Waals surface area contributed by atoms with E-state index >= 15 is 0 Å². The van der Waals surface area contributed by atoms with Crippen LogP contribution in [0.25, 0.3) is 98.3 Å². The Morgan fingerprint density at radius 3 is 1.74 bits per heavy atom. The summed E-state index contributed by atoms with van der Waals surface area (Å²) in [6.45, 7) is 0. The van der Waals surface area contributed by atoms with Crippen LogP contribution in [0.5, 0.6) is 0 Å². The molecule has 0 atom stereocenters. The van der Waals surface area contributed by atoms with E-state index in [1.165, 1.54) is 20.2 Å². The Balaban J connectivity index is 1.19. The van der Waals surface area contributed by atoms with Crippen LogP contribution in [0, 0.1) is 0 Å². The van der Waals surface area contributed by atoms with Gasteiger partial charge in [-0.15, -0.1) is 11.3 Å². The molecule has 0 radical (unpaired) electrons. The van der Waals surface area contributed by atoms with Crippen LogP contribution in [0.2, 0.25) is 0 Å². The number of rotatable bonds is 5. The minimum Gasteiger partial charge on any atom is -0.456 e. The van der Waals surface area contributed by atoms with Gasteiger partial charge in [-0.05, 0) is 89.0 Å². The maximum absolute atomic E-state index is 6.17. The fourth-order valence-electron chi connectivity index (χ4n) is 6.99. The summed E-state index contributed by atoms with van der Waals surface area (Å²) in [5.74, 6) is 0.705. The molecule has 0 saturated carbocycles. The Kier molecular flexibility index (Phi) is 6.68. The van der Waals surface area contributed by atoms with Gasteiger partial charge in [0.1, 0.15) is 11.2 Å². The standard InChI is InChI=1S/C46H28N2OS/c1-3-11-29(12-4-1)33-23-34(31-19-21-43-38(26-31)36-15-7-9-17-42(36)49-43)25-35(24-33)41-28-40(30-13-5-2-6-14-30)47-46(48-41)32-20-22-45-39(27-32)37-16-8-10-18-44(37)50-45/h1-28H. The lowest BCUT2D eigenvalue weighted by Crippen LogP contribution is -1.96. The third-order valence-electron chi connectivity index (χ3n) is 9.48. The zero-order valence-corrected chi connectivity index (χ0v) is 27.7. The Morgan fingerprint density at radius 1 is 0.340 bits per heavy atom. The number of hydrogen-bond donors (Lipinski definition) is 0. The second-order valence-electron chi connectivity index (χ2n) is 12.6. The van der Waals surface area contributed by atoms with E-state index in [0.717, 1.165) is 72.3 Å². The SMILES string of the molecule is c1ccc(-c2cc(-c3ccc4oc5ccccc5c4c3)cc(-c3cc(-c4ccccc4)nc(-c4ccc5sc6ccccc6c5c4)n3)c2)cc1. The summed E-state index contributed by atoms with van der Waals surface area (Å²) in [7, 11) is 0. The van der Waals surface area contributed by atoms with Crippen LogP contribution in [-0.4, -0.2) is 9.97 Å². The smallest absolute Gasteiger partial charge is 0.160 e. The molecule has 234 valence electrons. The molecule has 0 aliphatic rings. The van der Waals surface area contributed by atoms with Crippen LogP contribution in [0.15, 0.2) is 174 Å². The number of fused-ring (bicyclic) bond motifs is 6. The molecule has 0 spiro atoms. The normalized spacial score (nSPS) is 11.6. The number of furan rings is 1. The highest BCUT2D eigenvalue weighted by Gasteiger charge is 2.16. The summed E-state index contributed by atoms with van der Waals surface area (Å²) < 4.78 is 8.71. The van der Waals surface area contributed by atoms with E-state index in [1.807, 2.05) is 29.5 Å². The van der Waals surface area contributed by atoms with E-state index in [9.17, 15) is 0 Å². The molecule has 0 bridgehead atoms. The molecule has 0 aliphatic heterocycles. The van der Waals surface area contributed by atoms with E-state index in [0.29, 0.717) is 5.82 Å². The molecule has 3 heterocycles. The Morgan fingerprint density at radius 2 is 0.920 bits per heavy atom. The van der Waals surface area contributed by atoms with Gasteiger partial charge in [-0.3, -0.25) is 0 Å². The van der Waals surface area contributed by atoms with Crippen molar-refractivity contribution < 1.29 is 4.42 Å². The fourth-order valence-corrected chi connectivity index (χ4v) is 8.08. The quantitative estimate of drug-likeness (QED) is 0.185. The molecular formula is C46H28N2OS. The van der Waals surface area contributed by atoms with Crippen molar-refractivity contribution in [3.05, 3.63) is 170 Å². The number of thiophene rings is 1. The van der Waals surface area contributed by atoms with Gasteiger partial charge in [-0.1, -0.05) is 103 Å². The van der Waals surface area contributed by atoms with Crippen molar-refractivity contribution in [2.45, 2.75) is 0 Å². The molecule has 10 aromatic rings. The minimum absolute atomic E-state index is 0.705. The number of hydrogen-bond acceptors (Lipinski definition) is 4. The highest BCUT2D eigenvalue weighted by molar-refractivity contribution is 7.25. The Hall–Kier alpha value is -6.36. The van der Waals surface area contributed by atoms with Gasteiger partial charge in [-0.25, -0.2) is 9.97 Å². The van der Waals surface area contributed by atoms with E-state index in [2.05, 4.69) is 152 Å². The van der Waals surface area contributed by atoms with Crippen molar-refractivity contribution in [2.75, 3.05) is 0 Å². The first kappa shape index (κ1) is 28.6. The van der Waals surface area contributed by atoms with E-state index < -0.39 is 0 Å². The summed E-state index contributed by atoms with van der Waals surface area (Å²) in [4.78, 5) is 10.5. The predicted octanol–water partition coefficient (Wildman–Crippen LogP) is 13.1. The van der Waals surface area contributed by atoms with Gasteiger partial charge < -0.3 is 4.42 Å². The van der Waals surface area contributed by atoms with Gasteiger partial charge in [0.2, 0.25) is 0 Å². The van der Waals surface area contributed by atoms with Crippen molar-refractivity contribution >= 4 is 53.4 Å². The first-order valence-corrected chi connectivity index (χ1v) is 17.5. The molecule has 0 fully saturated rings. The lowest BCUT2D eigenvalue weighted by atomic mass is 9.94. The molecule has 0 unspecified atom stereocenters. The number of nitrogens with zero attached hydrogens (tertiary/aromatic N) is 2. The monoisotopic (exact) mass is 656 g/mol. The molecule has 0 N–H and O–H groups in total. The number of para-hydroxylation sites is 1. The Bertz CT molecular complexity index is 2670. The Labute approximate surface area is 292 Å². The maximum Gasteiger partial charge on any atom is 0.160 e. The second-order valence-corrected chi connectivity index (χ2v) is 13.7. The van der Waals surface area contributed by atoms with Crippen LogP contribution < -0.4 is 0 Å². The van der Waals surface area contributed by atoms with Crippen molar-refractivity contribution in [3.63, 3.8) is 0 Å². The highest BCUT2D eigenvalue weighted by atomic mass is 32.1. The van der Waals surface area contributed by atoms with Gasteiger partial charge in [0.25, 0.3) is 0 Å². The molecule has 0 aliphatic carbocycles. The predicted molar refractivity (Wildman–Crippen MR) is 209 cm³/mol. The zero-order valence-electron chi connectivity index (χ0n) is 26.9. The molecule has 3 aromatic heterocycles. The van der Waals surface area contributed by atoms with E-state index in [-0.39, 0.29) is 0 Å². The van der Waals surface area contributed by atoms with Gasteiger partial charge in [0.15, 0.2) is 5.82 Å². The van der Waals surface area contributed by atoms with Crippen molar-refractivity contribution in [1.82, 2.24) is 9.97 Å². The molecule has 0 saturated heterocycles. The van der Waals surface area contributed by atoms with Gasteiger partial charge in [0.05, 0.1) is 11.4 Å². The lowest BCUT2D eigenvalue weighted by Gasteiger charge is -2.13. The molecule has 0 amide bonds. The summed E-state index contributed by atoms with van der Waals surface area (Å²) in [5, 5.41) is 4.72. The molecule has 4 heteroatoms. The molecule has 50 heavy (non-hydrogen) atoms. The minimum atomic E-state index is 0.705. The first-order chi connectivity index (χ1) is 24.7. The van der Waals surface area contributed by atoms with Crippen LogP contribution >= 0.6 is 11.3 Å². The molecule has 10 rings (SSSR count). The topological polar surface area (TPSA) is 38.9 Å². The number of aromatic nitrogens is 2. The maximum atomic E-state index is 6.17. The first-order valence-electron chi connectivity index (χ1n) is 16.7. The molecular weight excluding hydrogens is 629 g/mol. The summed E-state index contributed by atoms with van der Waals surface area (Å²) in [6, 6.07) is 59.8. The van der Waals surface area contributed by atoms with E-state index in [4.69, 9.17) is 14.4 Å². The lowest BCUT2D eigenvalue weighted by molar-refractivity contribution is 0.669. The highest BCUT2D eigenvalue weighted by Crippen LogP contribution is 2.39. The van der Waals surface area contributed by atoms with Crippen molar-refractivity contribution in [1.29, 1.82) is 0 Å². The third-order valence-corrected chi connectivity index (χ3v) is 10.6. The van der Waals surface area contributed by atoms with Gasteiger partial charge >= 0.3 is 0 Å². The van der Waals surface area contributed by atoms with Gasteiger partial charge in [-0.2, -0.15) is 0 Å². The van der Waals surface area contributed by atoms with Crippen LogP contribution in [0.1, 0.15) is 0 Å². The largest absolute Gasteiger partial charge is 0.456 e. The van der Waals surface area contributed by atoms with Crippen LogP contribution in [0.3, 0.4) is 0 Å².